The molecule has 0 bridgehead atoms. The van der Waals surface area contributed by atoms with Crippen molar-refractivity contribution in [3.8, 4) is 11.5 Å². The summed E-state index contributed by atoms with van der Waals surface area (Å²) in [6.07, 6.45) is 4.98. The maximum atomic E-state index is 13.5. The number of piperidine rings is 1. The lowest BCUT2D eigenvalue weighted by molar-refractivity contribution is -0.120. The Morgan fingerprint density at radius 3 is 2.80 bits per heavy atom. The van der Waals surface area contributed by atoms with Crippen molar-refractivity contribution in [1.29, 1.82) is 0 Å². The van der Waals surface area contributed by atoms with Crippen LogP contribution >= 0.6 is 0 Å². The average Bonchev–Trinajstić information content (AvgIpc) is 3.36. The van der Waals surface area contributed by atoms with Crippen molar-refractivity contribution < 1.29 is 28.6 Å². The van der Waals surface area contributed by atoms with Gasteiger partial charge in [0.05, 0.1) is 17.5 Å². The van der Waals surface area contributed by atoms with Gasteiger partial charge >= 0.3 is 6.03 Å². The number of likely N-dealkylation sites (N-methyl/N-ethyl adjacent to an activating group) is 1. The predicted octanol–water partition coefficient (Wildman–Crippen LogP) is 2.82. The van der Waals surface area contributed by atoms with Gasteiger partial charge in [0.15, 0.2) is 0 Å². The van der Waals surface area contributed by atoms with Crippen molar-refractivity contribution in [3.63, 3.8) is 0 Å². The first-order chi connectivity index (χ1) is 19.2. The van der Waals surface area contributed by atoms with Crippen LogP contribution in [0, 0.1) is 5.82 Å². The summed E-state index contributed by atoms with van der Waals surface area (Å²) < 4.78 is 26.4. The summed E-state index contributed by atoms with van der Waals surface area (Å²) >= 11 is 0. The fraction of sp³-hybridized carbons (Fsp3) is 0.414. The van der Waals surface area contributed by atoms with Crippen molar-refractivity contribution in [2.45, 2.75) is 37.8 Å². The van der Waals surface area contributed by atoms with Crippen LogP contribution in [0.5, 0.6) is 11.5 Å². The van der Waals surface area contributed by atoms with E-state index in [1.54, 1.807) is 43.6 Å². The van der Waals surface area contributed by atoms with Crippen LogP contribution in [-0.2, 0) is 11.2 Å². The molecule has 0 spiro atoms. The van der Waals surface area contributed by atoms with Crippen molar-refractivity contribution in [2.24, 2.45) is 0 Å². The number of halogens is 1. The summed E-state index contributed by atoms with van der Waals surface area (Å²) in [5.74, 6) is 0.453. The summed E-state index contributed by atoms with van der Waals surface area (Å²) in [5.41, 5.74) is 1.45. The van der Waals surface area contributed by atoms with Gasteiger partial charge in [-0.15, -0.1) is 0 Å². The number of anilines is 1. The van der Waals surface area contributed by atoms with E-state index in [9.17, 15) is 19.1 Å². The third-order valence-electron chi connectivity index (χ3n) is 7.37. The smallest absolute Gasteiger partial charge is 0.342 e. The predicted molar refractivity (Wildman–Crippen MR) is 146 cm³/mol. The Morgan fingerprint density at radius 2 is 2.02 bits per heavy atom. The van der Waals surface area contributed by atoms with Crippen LogP contribution in [0.25, 0.3) is 0 Å². The van der Waals surface area contributed by atoms with Crippen molar-refractivity contribution in [3.05, 3.63) is 71.8 Å². The second-order valence-corrected chi connectivity index (χ2v) is 10.6. The van der Waals surface area contributed by atoms with E-state index < -0.39 is 17.7 Å². The Hall–Kier alpha value is -3.96. The van der Waals surface area contributed by atoms with Crippen LogP contribution in [0.2, 0.25) is 0 Å². The molecule has 3 heterocycles. The van der Waals surface area contributed by atoms with Crippen LogP contribution in [0.3, 0.4) is 0 Å². The molecule has 2 aliphatic heterocycles. The lowest BCUT2D eigenvalue weighted by atomic mass is 9.94. The van der Waals surface area contributed by atoms with Gasteiger partial charge in [-0.25, -0.2) is 9.18 Å². The van der Waals surface area contributed by atoms with Crippen LogP contribution in [0.4, 0.5) is 14.9 Å². The second-order valence-electron chi connectivity index (χ2n) is 10.6. The number of carbonyl (C=O) groups is 2. The van der Waals surface area contributed by atoms with Crippen LogP contribution in [0.1, 0.15) is 30.9 Å². The van der Waals surface area contributed by atoms with E-state index in [-0.39, 0.29) is 18.3 Å². The van der Waals surface area contributed by atoms with E-state index in [4.69, 9.17) is 9.47 Å². The number of aromatic nitrogens is 2. The third-order valence-corrected chi connectivity index (χ3v) is 7.37. The maximum absolute atomic E-state index is 13.5. The molecule has 0 radical (unpaired) electrons. The van der Waals surface area contributed by atoms with Gasteiger partial charge in [0.1, 0.15) is 36.6 Å². The molecule has 2 aromatic carbocycles. The molecule has 10 nitrogen and oxygen atoms in total. The summed E-state index contributed by atoms with van der Waals surface area (Å²) in [5, 5.41) is 16.9. The highest BCUT2D eigenvalue weighted by Gasteiger charge is 2.31. The minimum atomic E-state index is -0.929. The lowest BCUT2D eigenvalue weighted by Crippen LogP contribution is -2.50. The molecular weight excluding hydrogens is 517 g/mol. The lowest BCUT2D eigenvalue weighted by Gasteiger charge is -2.35. The Morgan fingerprint density at radius 1 is 1.23 bits per heavy atom. The Labute approximate surface area is 232 Å². The summed E-state index contributed by atoms with van der Waals surface area (Å²) in [6.45, 7) is 4.69. The highest BCUT2D eigenvalue weighted by molar-refractivity contribution is 6.00. The van der Waals surface area contributed by atoms with Crippen molar-refractivity contribution in [1.82, 2.24) is 20.0 Å². The van der Waals surface area contributed by atoms with E-state index in [1.165, 1.54) is 23.2 Å². The minimum absolute atomic E-state index is 0.0434. The largest absolute Gasteiger partial charge is 0.492 e. The molecule has 2 N–H and O–H groups in total. The molecule has 3 aromatic rings. The van der Waals surface area contributed by atoms with Crippen molar-refractivity contribution >= 4 is 17.6 Å². The summed E-state index contributed by atoms with van der Waals surface area (Å²) in [4.78, 5) is 29.8. The van der Waals surface area contributed by atoms with Gasteiger partial charge in [-0.05, 0) is 55.2 Å². The number of nitrogens with zero attached hydrogens (tertiary/aromatic N) is 4. The van der Waals surface area contributed by atoms with Gasteiger partial charge in [-0.1, -0.05) is 12.1 Å². The number of ether oxygens (including phenoxy) is 2. The minimum Gasteiger partial charge on any atom is -0.492 e. The first-order valence-electron chi connectivity index (χ1n) is 13.4. The van der Waals surface area contributed by atoms with Gasteiger partial charge in [-0.2, -0.15) is 9.78 Å². The van der Waals surface area contributed by atoms with Gasteiger partial charge in [0, 0.05) is 45.4 Å². The first kappa shape index (κ1) is 27.6. The van der Waals surface area contributed by atoms with Gasteiger partial charge < -0.3 is 24.8 Å². The quantitative estimate of drug-likeness (QED) is 0.465. The number of benzene rings is 2. The van der Waals surface area contributed by atoms with Gasteiger partial charge in [-0.3, -0.25) is 9.69 Å². The van der Waals surface area contributed by atoms with E-state index in [0.717, 1.165) is 48.3 Å². The van der Waals surface area contributed by atoms with E-state index >= 15 is 0 Å². The van der Waals surface area contributed by atoms with E-state index in [2.05, 4.69) is 15.3 Å². The zero-order valence-electron chi connectivity index (χ0n) is 22.7. The Kier molecular flexibility index (Phi) is 8.04. The monoisotopic (exact) mass is 551 g/mol. The molecule has 2 amide bonds. The first-order valence-corrected chi connectivity index (χ1v) is 13.4. The molecule has 5 rings (SSSR count). The van der Waals surface area contributed by atoms with Crippen LogP contribution in [0.15, 0.2) is 54.9 Å². The third kappa shape index (κ3) is 6.60. The number of amides is 2. The van der Waals surface area contributed by atoms with Gasteiger partial charge in [0.2, 0.25) is 0 Å². The van der Waals surface area contributed by atoms with Crippen LogP contribution in [-0.4, -0.2) is 83.3 Å². The second kappa shape index (κ2) is 11.6. The molecule has 0 saturated carbocycles. The molecule has 1 atom stereocenters. The summed E-state index contributed by atoms with van der Waals surface area (Å²) in [6, 6.07) is 10.0. The maximum Gasteiger partial charge on any atom is 0.342 e. The number of hydrogen-bond acceptors (Lipinski definition) is 7. The Bertz CT molecular complexity index is 1370. The number of rotatable bonds is 7. The van der Waals surface area contributed by atoms with Crippen molar-refractivity contribution in [2.75, 3.05) is 44.8 Å². The molecule has 212 valence electrons. The highest BCUT2D eigenvalue weighted by atomic mass is 19.1. The molecular formula is C29H34FN5O5. The summed E-state index contributed by atoms with van der Waals surface area (Å²) in [7, 11) is 1.63. The molecule has 11 heteroatoms. The molecule has 40 heavy (non-hydrogen) atoms. The van der Waals surface area contributed by atoms with Crippen LogP contribution < -0.4 is 19.7 Å². The number of aliphatic hydroxyl groups is 1. The fourth-order valence-electron chi connectivity index (χ4n) is 4.88. The number of carbonyl (C=O) groups excluding carboxylic acids is 2. The number of hydrogen-bond donors (Lipinski definition) is 2. The number of fused-ring (bicyclic) bond motifs is 1. The highest BCUT2D eigenvalue weighted by Crippen LogP contribution is 2.34. The molecule has 1 fully saturated rings. The topological polar surface area (TPSA) is 109 Å². The number of likely N-dealkylation sites (tertiary alicyclic amines) is 1. The number of nitrogens with one attached hydrogen (secondary N) is 1. The van der Waals surface area contributed by atoms with Gasteiger partial charge in [0.25, 0.3) is 5.91 Å². The normalized spacial score (nSPS) is 18.9. The van der Waals surface area contributed by atoms with E-state index in [1.807, 2.05) is 6.92 Å². The fourth-order valence-corrected chi connectivity index (χ4v) is 4.88. The molecule has 2 aliphatic rings. The zero-order valence-corrected chi connectivity index (χ0v) is 22.7. The Balaban J connectivity index is 1.17. The molecule has 0 aliphatic carbocycles. The molecule has 1 saturated heterocycles. The standard InChI is InChI=1S/C29H34FN5O5/c1-29(38)8-10-34(11-9-29)12-13-39-23-6-7-26-25(16-23)33(2)27(36)24(19-40-26)32-28(37)35-18-21(17-31-35)14-20-4-3-5-22(30)15-20/h3-7,15-18,24,38H,8-14,19H2,1-2H3,(H,32,37)/t24-/m0/s1. The zero-order chi connectivity index (χ0) is 28.3. The SMILES string of the molecule is CN1C(=O)[C@@H](NC(=O)n2cc(Cc3cccc(F)c3)cn2)COc2ccc(OCCN3CCC(C)(O)CC3)cc21. The average molecular weight is 552 g/mol. The molecule has 0 unspecified atom stereocenters. The molecule has 1 aromatic heterocycles. The van der Waals surface area contributed by atoms with E-state index in [0.29, 0.717) is 30.2 Å².